The second-order valence-corrected chi connectivity index (χ2v) is 4.68. The molecule has 1 aliphatic rings. The van der Waals surface area contributed by atoms with Crippen molar-refractivity contribution < 1.29 is 13.6 Å². The lowest BCUT2D eigenvalue weighted by atomic mass is 9.90. The number of carbonyl (C=O) groups is 1. The summed E-state index contributed by atoms with van der Waals surface area (Å²) in [7, 11) is 0. The van der Waals surface area contributed by atoms with Crippen molar-refractivity contribution in [2.45, 2.75) is 38.1 Å². The first kappa shape index (κ1) is 12.2. The fraction of sp³-hybridized carbons (Fsp3) is 0.462. The molecule has 0 spiro atoms. The van der Waals surface area contributed by atoms with Gasteiger partial charge in [0, 0.05) is 18.4 Å². The second-order valence-electron chi connectivity index (χ2n) is 4.68. The fourth-order valence-electron chi connectivity index (χ4n) is 2.55. The molecule has 1 aliphatic carbocycles. The second kappa shape index (κ2) is 4.53. The SMILES string of the molecule is CC(=O)CC(N)C1CCc2cc(F)c(F)cc21. The summed E-state index contributed by atoms with van der Waals surface area (Å²) in [5.74, 6) is -1.67. The Kier molecular flexibility index (Phi) is 3.24. The molecule has 4 heteroatoms. The molecule has 1 aromatic carbocycles. The van der Waals surface area contributed by atoms with Gasteiger partial charge in [0.2, 0.25) is 0 Å². The highest BCUT2D eigenvalue weighted by atomic mass is 19.2. The van der Waals surface area contributed by atoms with E-state index in [-0.39, 0.29) is 24.2 Å². The molecule has 2 atom stereocenters. The third-order valence-electron chi connectivity index (χ3n) is 3.35. The third kappa shape index (κ3) is 2.36. The van der Waals surface area contributed by atoms with E-state index >= 15 is 0 Å². The number of nitrogens with two attached hydrogens (primary N) is 1. The fourth-order valence-corrected chi connectivity index (χ4v) is 2.55. The number of hydrogen-bond donors (Lipinski definition) is 1. The summed E-state index contributed by atoms with van der Waals surface area (Å²) in [5.41, 5.74) is 7.52. The summed E-state index contributed by atoms with van der Waals surface area (Å²) in [6.07, 6.45) is 1.73. The van der Waals surface area contributed by atoms with Crippen molar-refractivity contribution in [1.29, 1.82) is 0 Å². The molecule has 0 saturated carbocycles. The van der Waals surface area contributed by atoms with Gasteiger partial charge in [-0.1, -0.05) is 0 Å². The predicted molar refractivity (Wildman–Crippen MR) is 60.7 cm³/mol. The van der Waals surface area contributed by atoms with Crippen molar-refractivity contribution in [2.24, 2.45) is 5.73 Å². The van der Waals surface area contributed by atoms with Crippen molar-refractivity contribution in [3.8, 4) is 0 Å². The number of Topliss-reactive ketones (excluding diaryl/α,β-unsaturated/α-hetero) is 1. The molecule has 92 valence electrons. The van der Waals surface area contributed by atoms with E-state index in [1.54, 1.807) is 0 Å². The van der Waals surface area contributed by atoms with Gasteiger partial charge in [-0.3, -0.25) is 4.79 Å². The van der Waals surface area contributed by atoms with Crippen LogP contribution < -0.4 is 5.73 Å². The molecule has 0 fully saturated rings. The average molecular weight is 239 g/mol. The largest absolute Gasteiger partial charge is 0.327 e. The maximum Gasteiger partial charge on any atom is 0.159 e. The number of hydrogen-bond acceptors (Lipinski definition) is 2. The summed E-state index contributed by atoms with van der Waals surface area (Å²) in [6, 6.07) is 2.16. The normalized spacial score (nSPS) is 20.1. The zero-order valence-electron chi connectivity index (χ0n) is 9.67. The minimum absolute atomic E-state index is 0.0218. The first-order chi connectivity index (χ1) is 7.99. The maximum atomic E-state index is 13.2. The highest BCUT2D eigenvalue weighted by Gasteiger charge is 2.29. The smallest absolute Gasteiger partial charge is 0.159 e. The first-order valence-electron chi connectivity index (χ1n) is 5.72. The quantitative estimate of drug-likeness (QED) is 0.879. The van der Waals surface area contributed by atoms with Gasteiger partial charge < -0.3 is 5.73 Å². The van der Waals surface area contributed by atoms with Crippen LogP contribution in [0, 0.1) is 11.6 Å². The van der Waals surface area contributed by atoms with E-state index in [1.807, 2.05) is 0 Å². The van der Waals surface area contributed by atoms with Gasteiger partial charge >= 0.3 is 0 Å². The highest BCUT2D eigenvalue weighted by molar-refractivity contribution is 5.76. The summed E-state index contributed by atoms with van der Waals surface area (Å²) in [6.45, 7) is 1.49. The predicted octanol–water partition coefficient (Wildman–Crippen LogP) is 2.30. The molecule has 1 aromatic rings. The molecule has 0 aliphatic heterocycles. The van der Waals surface area contributed by atoms with Crippen LogP contribution in [0.15, 0.2) is 12.1 Å². The topological polar surface area (TPSA) is 43.1 Å². The van der Waals surface area contributed by atoms with E-state index in [4.69, 9.17) is 5.73 Å². The van der Waals surface area contributed by atoms with Gasteiger partial charge in [0.05, 0.1) is 0 Å². The van der Waals surface area contributed by atoms with Crippen LogP contribution in [0.2, 0.25) is 0 Å². The van der Waals surface area contributed by atoms with E-state index in [0.29, 0.717) is 6.42 Å². The van der Waals surface area contributed by atoms with Crippen molar-refractivity contribution >= 4 is 5.78 Å². The molecule has 2 unspecified atom stereocenters. The standard InChI is InChI=1S/C13H15F2NO/c1-7(17)4-13(16)9-3-2-8-5-11(14)12(15)6-10(8)9/h5-6,9,13H,2-4,16H2,1H3. The minimum Gasteiger partial charge on any atom is -0.327 e. The molecule has 17 heavy (non-hydrogen) atoms. The summed E-state index contributed by atoms with van der Waals surface area (Å²) in [4.78, 5) is 11.0. The zero-order chi connectivity index (χ0) is 12.6. The lowest BCUT2D eigenvalue weighted by molar-refractivity contribution is -0.117. The van der Waals surface area contributed by atoms with E-state index in [1.165, 1.54) is 19.1 Å². The van der Waals surface area contributed by atoms with Crippen LogP contribution in [0.1, 0.15) is 36.8 Å². The van der Waals surface area contributed by atoms with Crippen molar-refractivity contribution in [3.63, 3.8) is 0 Å². The van der Waals surface area contributed by atoms with Crippen LogP contribution in [-0.2, 0) is 11.2 Å². The number of benzene rings is 1. The number of fused-ring (bicyclic) bond motifs is 1. The summed E-state index contributed by atoms with van der Waals surface area (Å²) >= 11 is 0. The number of halogens is 2. The van der Waals surface area contributed by atoms with E-state index in [2.05, 4.69) is 0 Å². The molecule has 2 rings (SSSR count). The molecular weight excluding hydrogens is 224 g/mol. The van der Waals surface area contributed by atoms with Gasteiger partial charge in [0.25, 0.3) is 0 Å². The number of carbonyl (C=O) groups excluding carboxylic acids is 1. The Morgan fingerprint density at radius 3 is 2.76 bits per heavy atom. The van der Waals surface area contributed by atoms with Crippen LogP contribution in [0.25, 0.3) is 0 Å². The Labute approximate surface area is 98.8 Å². The molecule has 0 radical (unpaired) electrons. The molecule has 0 saturated heterocycles. The molecule has 2 nitrogen and oxygen atoms in total. The lowest BCUT2D eigenvalue weighted by Crippen LogP contribution is -2.29. The third-order valence-corrected chi connectivity index (χ3v) is 3.35. The Morgan fingerprint density at radius 1 is 1.47 bits per heavy atom. The Hall–Kier alpha value is -1.29. The molecule has 0 heterocycles. The zero-order valence-corrected chi connectivity index (χ0v) is 9.67. The van der Waals surface area contributed by atoms with Crippen LogP contribution in [0.4, 0.5) is 8.78 Å². The molecule has 0 aromatic heterocycles. The molecular formula is C13H15F2NO. The summed E-state index contributed by atoms with van der Waals surface area (Å²) in [5, 5.41) is 0. The van der Waals surface area contributed by atoms with Gasteiger partial charge in [0.1, 0.15) is 5.78 Å². The minimum atomic E-state index is -0.842. The molecule has 2 N–H and O–H groups in total. The van der Waals surface area contributed by atoms with Crippen molar-refractivity contribution in [2.75, 3.05) is 0 Å². The lowest BCUT2D eigenvalue weighted by Gasteiger charge is -2.19. The average Bonchev–Trinajstić information content (AvgIpc) is 2.60. The van der Waals surface area contributed by atoms with E-state index in [0.717, 1.165) is 17.5 Å². The van der Waals surface area contributed by atoms with E-state index in [9.17, 15) is 13.6 Å². The van der Waals surface area contributed by atoms with Crippen molar-refractivity contribution in [3.05, 3.63) is 34.9 Å². The van der Waals surface area contributed by atoms with Gasteiger partial charge in [-0.15, -0.1) is 0 Å². The number of aryl methyl sites for hydroxylation is 1. The highest BCUT2D eigenvalue weighted by Crippen LogP contribution is 2.36. The van der Waals surface area contributed by atoms with Gasteiger partial charge in [-0.2, -0.15) is 0 Å². The number of rotatable bonds is 3. The molecule has 0 amide bonds. The van der Waals surface area contributed by atoms with Gasteiger partial charge in [-0.25, -0.2) is 8.78 Å². The van der Waals surface area contributed by atoms with Crippen LogP contribution >= 0.6 is 0 Å². The maximum absolute atomic E-state index is 13.2. The van der Waals surface area contributed by atoms with Crippen LogP contribution in [0.3, 0.4) is 0 Å². The monoisotopic (exact) mass is 239 g/mol. The summed E-state index contributed by atoms with van der Waals surface area (Å²) < 4.78 is 26.2. The number of ketones is 1. The van der Waals surface area contributed by atoms with Gasteiger partial charge in [0.15, 0.2) is 11.6 Å². The van der Waals surface area contributed by atoms with Gasteiger partial charge in [-0.05, 0) is 43.0 Å². The molecule has 0 bridgehead atoms. The Morgan fingerprint density at radius 2 is 2.12 bits per heavy atom. The van der Waals surface area contributed by atoms with Crippen LogP contribution in [-0.4, -0.2) is 11.8 Å². The first-order valence-corrected chi connectivity index (χ1v) is 5.72. The van der Waals surface area contributed by atoms with Crippen LogP contribution in [0.5, 0.6) is 0 Å². The van der Waals surface area contributed by atoms with Crippen molar-refractivity contribution in [1.82, 2.24) is 0 Å². The Bertz CT molecular complexity index is 459. The Balaban J connectivity index is 2.27. The van der Waals surface area contributed by atoms with E-state index < -0.39 is 11.6 Å².